The standard InChI is InChI=1S/C15H12N4O3S/c16-14-12(19-18-10-5-2-1-3-6-10)9-13(23(20,21)22)11-7-4-8-17-15(11)14/h1-9H,16H2,(H,20,21,22). The second-order valence-corrected chi connectivity index (χ2v) is 6.11. The number of hydrogen-bond acceptors (Lipinski definition) is 6. The molecule has 1 heterocycles. The first-order chi connectivity index (χ1) is 11.0. The van der Waals surface area contributed by atoms with Gasteiger partial charge < -0.3 is 5.73 Å². The largest absolute Gasteiger partial charge is 0.395 e. The molecule has 3 aromatic rings. The van der Waals surface area contributed by atoms with Crippen molar-refractivity contribution in [3.05, 3.63) is 54.7 Å². The number of azo groups is 1. The van der Waals surface area contributed by atoms with Crippen molar-refractivity contribution >= 4 is 38.1 Å². The molecule has 116 valence electrons. The van der Waals surface area contributed by atoms with Gasteiger partial charge in [0.05, 0.1) is 16.9 Å². The molecule has 0 fully saturated rings. The predicted octanol–water partition coefficient (Wildman–Crippen LogP) is 3.48. The smallest absolute Gasteiger partial charge is 0.295 e. The first kappa shape index (κ1) is 15.1. The number of pyridine rings is 1. The predicted molar refractivity (Wildman–Crippen MR) is 86.6 cm³/mol. The number of aromatic nitrogens is 1. The third-order valence-electron chi connectivity index (χ3n) is 3.18. The monoisotopic (exact) mass is 328 g/mol. The topological polar surface area (TPSA) is 118 Å². The Bertz CT molecular complexity index is 1000. The van der Waals surface area contributed by atoms with Crippen LogP contribution in [0.1, 0.15) is 0 Å². The molecule has 0 aliphatic carbocycles. The van der Waals surface area contributed by atoms with Gasteiger partial charge in [-0.2, -0.15) is 13.5 Å². The second-order valence-electron chi connectivity index (χ2n) is 4.72. The van der Waals surface area contributed by atoms with Gasteiger partial charge in [0.15, 0.2) is 0 Å². The molecule has 0 atom stereocenters. The highest BCUT2D eigenvalue weighted by atomic mass is 32.2. The molecule has 0 spiro atoms. The highest BCUT2D eigenvalue weighted by Gasteiger charge is 2.19. The zero-order valence-corrected chi connectivity index (χ0v) is 12.6. The minimum absolute atomic E-state index is 0.118. The van der Waals surface area contributed by atoms with Crippen LogP contribution in [-0.4, -0.2) is 18.0 Å². The van der Waals surface area contributed by atoms with Crippen LogP contribution < -0.4 is 5.73 Å². The minimum Gasteiger partial charge on any atom is -0.395 e. The third kappa shape index (κ3) is 3.03. The van der Waals surface area contributed by atoms with Crippen molar-refractivity contribution in [3.63, 3.8) is 0 Å². The lowest BCUT2D eigenvalue weighted by molar-refractivity contribution is 0.484. The number of rotatable bonds is 3. The van der Waals surface area contributed by atoms with E-state index in [9.17, 15) is 13.0 Å². The van der Waals surface area contributed by atoms with Crippen molar-refractivity contribution < 1.29 is 13.0 Å². The van der Waals surface area contributed by atoms with Crippen LogP contribution in [0.2, 0.25) is 0 Å². The first-order valence-corrected chi connectivity index (χ1v) is 8.02. The van der Waals surface area contributed by atoms with Gasteiger partial charge in [-0.05, 0) is 30.3 Å². The van der Waals surface area contributed by atoms with Crippen molar-refractivity contribution in [2.75, 3.05) is 5.73 Å². The van der Waals surface area contributed by atoms with Crippen LogP contribution in [0.4, 0.5) is 17.1 Å². The molecule has 0 amide bonds. The molecule has 0 bridgehead atoms. The van der Waals surface area contributed by atoms with Gasteiger partial charge in [0, 0.05) is 11.6 Å². The lowest BCUT2D eigenvalue weighted by Crippen LogP contribution is -2.01. The van der Waals surface area contributed by atoms with Crippen molar-refractivity contribution in [1.82, 2.24) is 4.98 Å². The Morgan fingerprint density at radius 1 is 1.04 bits per heavy atom. The number of benzene rings is 2. The lowest BCUT2D eigenvalue weighted by Gasteiger charge is -2.08. The summed E-state index contributed by atoms with van der Waals surface area (Å²) in [5, 5.41) is 8.22. The zero-order valence-electron chi connectivity index (χ0n) is 11.8. The zero-order chi connectivity index (χ0) is 16.4. The van der Waals surface area contributed by atoms with Gasteiger partial charge in [-0.25, -0.2) is 0 Å². The molecule has 0 unspecified atom stereocenters. The molecular formula is C15H12N4O3S. The Morgan fingerprint density at radius 3 is 2.48 bits per heavy atom. The summed E-state index contributed by atoms with van der Waals surface area (Å²) in [6.07, 6.45) is 1.48. The molecule has 23 heavy (non-hydrogen) atoms. The summed E-state index contributed by atoms with van der Waals surface area (Å²) in [6.45, 7) is 0. The van der Waals surface area contributed by atoms with Crippen LogP contribution in [0.25, 0.3) is 10.9 Å². The van der Waals surface area contributed by atoms with Crippen molar-refractivity contribution in [2.45, 2.75) is 4.90 Å². The van der Waals surface area contributed by atoms with E-state index in [1.165, 1.54) is 18.3 Å². The molecule has 2 aromatic carbocycles. The Morgan fingerprint density at radius 2 is 1.78 bits per heavy atom. The number of hydrogen-bond donors (Lipinski definition) is 2. The van der Waals surface area contributed by atoms with Gasteiger partial charge in [-0.3, -0.25) is 9.54 Å². The Hall–Kier alpha value is -2.84. The van der Waals surface area contributed by atoms with E-state index in [1.807, 2.05) is 6.07 Å². The molecule has 3 rings (SSSR count). The van der Waals surface area contributed by atoms with Crippen LogP contribution in [0.15, 0.2) is 69.9 Å². The number of fused-ring (bicyclic) bond motifs is 1. The quantitative estimate of drug-likeness (QED) is 0.433. The van der Waals surface area contributed by atoms with Crippen LogP contribution >= 0.6 is 0 Å². The summed E-state index contributed by atoms with van der Waals surface area (Å²) >= 11 is 0. The molecule has 0 saturated carbocycles. The SMILES string of the molecule is Nc1c(N=Nc2ccccc2)cc(S(=O)(=O)O)c2cccnc12. The van der Waals surface area contributed by atoms with Crippen LogP contribution in [0.5, 0.6) is 0 Å². The summed E-state index contributed by atoms with van der Waals surface area (Å²) in [4.78, 5) is 3.76. The molecule has 0 radical (unpaired) electrons. The van der Waals surface area contributed by atoms with E-state index in [2.05, 4.69) is 15.2 Å². The molecule has 8 heteroatoms. The van der Waals surface area contributed by atoms with E-state index in [0.717, 1.165) is 0 Å². The summed E-state index contributed by atoms with van der Waals surface area (Å²) < 4.78 is 32.6. The van der Waals surface area contributed by atoms with Crippen LogP contribution in [0.3, 0.4) is 0 Å². The van der Waals surface area contributed by atoms with Crippen LogP contribution in [0, 0.1) is 0 Å². The van der Waals surface area contributed by atoms with Gasteiger partial charge in [-0.15, -0.1) is 5.11 Å². The second kappa shape index (κ2) is 5.75. The molecule has 0 aliphatic heterocycles. The van der Waals surface area contributed by atoms with E-state index >= 15 is 0 Å². The normalized spacial score (nSPS) is 12.0. The van der Waals surface area contributed by atoms with E-state index in [1.54, 1.807) is 30.3 Å². The third-order valence-corrected chi connectivity index (χ3v) is 4.07. The molecular weight excluding hydrogens is 316 g/mol. The highest BCUT2D eigenvalue weighted by molar-refractivity contribution is 7.86. The van der Waals surface area contributed by atoms with E-state index in [0.29, 0.717) is 5.69 Å². The summed E-state index contributed by atoms with van der Waals surface area (Å²) in [5.74, 6) is 0. The average molecular weight is 328 g/mol. The maximum Gasteiger partial charge on any atom is 0.295 e. The van der Waals surface area contributed by atoms with Gasteiger partial charge in [-0.1, -0.05) is 18.2 Å². The van der Waals surface area contributed by atoms with Crippen molar-refractivity contribution in [3.8, 4) is 0 Å². The average Bonchev–Trinajstić information content (AvgIpc) is 2.54. The molecule has 0 saturated heterocycles. The van der Waals surface area contributed by atoms with Crippen molar-refractivity contribution in [2.24, 2.45) is 10.2 Å². The molecule has 3 N–H and O–H groups in total. The van der Waals surface area contributed by atoms with E-state index in [4.69, 9.17) is 5.73 Å². The van der Waals surface area contributed by atoms with Crippen LogP contribution in [-0.2, 0) is 10.1 Å². The number of anilines is 1. The Balaban J connectivity index is 2.22. The summed E-state index contributed by atoms with van der Waals surface area (Å²) in [5.41, 5.74) is 7.13. The minimum atomic E-state index is -4.45. The Kier molecular flexibility index (Phi) is 3.77. The summed E-state index contributed by atoms with van der Waals surface area (Å²) in [7, 11) is -4.45. The molecule has 7 nitrogen and oxygen atoms in total. The molecule has 0 aliphatic rings. The Labute approximate surface area is 132 Å². The molecule has 1 aromatic heterocycles. The van der Waals surface area contributed by atoms with Gasteiger partial charge in [0.1, 0.15) is 10.6 Å². The van der Waals surface area contributed by atoms with Gasteiger partial charge >= 0.3 is 0 Å². The first-order valence-electron chi connectivity index (χ1n) is 6.58. The number of nitrogen functional groups attached to an aromatic ring is 1. The highest BCUT2D eigenvalue weighted by Crippen LogP contribution is 2.35. The lowest BCUT2D eigenvalue weighted by atomic mass is 10.1. The van der Waals surface area contributed by atoms with Gasteiger partial charge in [0.25, 0.3) is 10.1 Å². The fourth-order valence-electron chi connectivity index (χ4n) is 2.12. The fourth-order valence-corrected chi connectivity index (χ4v) is 2.83. The maximum absolute atomic E-state index is 11.6. The van der Waals surface area contributed by atoms with E-state index < -0.39 is 10.1 Å². The van der Waals surface area contributed by atoms with Crippen molar-refractivity contribution in [1.29, 1.82) is 0 Å². The summed E-state index contributed by atoms with van der Waals surface area (Å²) in [6, 6.07) is 13.2. The van der Waals surface area contributed by atoms with Gasteiger partial charge in [0.2, 0.25) is 0 Å². The fraction of sp³-hybridized carbons (Fsp3) is 0. The number of nitrogens with two attached hydrogens (primary N) is 1. The maximum atomic E-state index is 11.6. The number of nitrogens with zero attached hydrogens (tertiary/aromatic N) is 3. The van der Waals surface area contributed by atoms with E-state index in [-0.39, 0.29) is 27.2 Å².